The summed E-state index contributed by atoms with van der Waals surface area (Å²) in [6.07, 6.45) is 0. The van der Waals surface area contributed by atoms with E-state index < -0.39 is 0 Å². The van der Waals surface area contributed by atoms with E-state index in [0.717, 1.165) is 0 Å². The molecule has 1 aliphatic heterocycles. The fraction of sp³-hybridized carbons (Fsp3) is 0. The summed E-state index contributed by atoms with van der Waals surface area (Å²) in [5, 5.41) is 0. The Kier molecular flexibility index (Phi) is 1.91. The predicted molar refractivity (Wildman–Crippen MR) is 28.1 cm³/mol. The molecule has 0 aliphatic carbocycles. The van der Waals surface area contributed by atoms with Gasteiger partial charge >= 0.3 is 49.7 Å². The standard InChI is InChI=1S/C3H3As.Bi.H/c1-3-4-2;;/h1-3H;;. The molecule has 0 fully saturated rings. The summed E-state index contributed by atoms with van der Waals surface area (Å²) in [4.78, 5) is 2.36. The molecule has 0 spiro atoms. The van der Waals surface area contributed by atoms with Crippen molar-refractivity contribution in [1.29, 1.82) is 0 Å². The summed E-state index contributed by atoms with van der Waals surface area (Å²) >= 11 is 0.532. The van der Waals surface area contributed by atoms with Gasteiger partial charge in [0.1, 0.15) is 0 Å². The van der Waals surface area contributed by atoms with Gasteiger partial charge in [-0.1, -0.05) is 0 Å². The van der Waals surface area contributed by atoms with Gasteiger partial charge in [0.2, 0.25) is 0 Å². The average molecular weight is 324 g/mol. The van der Waals surface area contributed by atoms with Gasteiger partial charge in [-0.15, -0.1) is 0 Å². The molecular formula is C3H4AsBi. The van der Waals surface area contributed by atoms with Crippen LogP contribution < -0.4 is 0 Å². The van der Waals surface area contributed by atoms with Crippen molar-refractivity contribution in [2.75, 3.05) is 0 Å². The van der Waals surface area contributed by atoms with Crippen LogP contribution in [0.15, 0.2) is 8.65 Å². The molecule has 0 aromatic carbocycles. The van der Waals surface area contributed by atoms with Crippen molar-refractivity contribution >= 4 is 41.1 Å². The van der Waals surface area contributed by atoms with Crippen LogP contribution in [0.4, 0.5) is 0 Å². The molecule has 26 valence electrons. The van der Waals surface area contributed by atoms with Crippen molar-refractivity contribution in [3.8, 4) is 0 Å². The monoisotopic (exact) mass is 324 g/mol. The van der Waals surface area contributed by atoms with Crippen molar-refractivity contribution < 1.29 is 0 Å². The van der Waals surface area contributed by atoms with Crippen LogP contribution in [0.2, 0.25) is 0 Å². The van der Waals surface area contributed by atoms with E-state index in [-0.39, 0.29) is 23.2 Å². The molecule has 1 aliphatic rings. The van der Waals surface area contributed by atoms with Crippen molar-refractivity contribution in [1.82, 2.24) is 0 Å². The number of rotatable bonds is 0. The fourth-order valence-corrected chi connectivity index (χ4v) is 9.81. The molecule has 0 bridgehead atoms. The van der Waals surface area contributed by atoms with E-state index in [1.54, 1.807) is 0 Å². The van der Waals surface area contributed by atoms with Gasteiger partial charge in [-0.25, -0.2) is 0 Å². The first-order valence-electron chi connectivity index (χ1n) is 1.43. The summed E-state index contributed by atoms with van der Waals surface area (Å²) in [6.45, 7) is 0. The van der Waals surface area contributed by atoms with Gasteiger partial charge in [0.05, 0.1) is 0 Å². The average Bonchev–Trinajstić information content (AvgIpc) is 1.76. The summed E-state index contributed by atoms with van der Waals surface area (Å²) in [5.74, 6) is 0. The van der Waals surface area contributed by atoms with E-state index in [9.17, 15) is 0 Å². The summed E-state index contributed by atoms with van der Waals surface area (Å²) < 4.78 is 4.95. The molecule has 0 saturated heterocycles. The van der Waals surface area contributed by atoms with Crippen LogP contribution in [0.5, 0.6) is 0 Å². The van der Waals surface area contributed by atoms with Crippen LogP contribution in [0.25, 0.3) is 0 Å². The Morgan fingerprint density at radius 2 is 2.60 bits per heavy atom. The second-order valence-electron chi connectivity index (χ2n) is 0.761. The van der Waals surface area contributed by atoms with Gasteiger partial charge in [-0.2, -0.15) is 0 Å². The van der Waals surface area contributed by atoms with Gasteiger partial charge in [0.25, 0.3) is 0 Å². The summed E-state index contributed by atoms with van der Waals surface area (Å²) in [5.41, 5.74) is 0. The topological polar surface area (TPSA) is 0 Å². The fourth-order valence-electron chi connectivity index (χ4n) is 0.215. The van der Waals surface area contributed by atoms with Crippen LogP contribution in [0.3, 0.4) is 0 Å². The first-order valence-corrected chi connectivity index (χ1v) is 8.08. The van der Waals surface area contributed by atoms with Crippen LogP contribution in [0.1, 0.15) is 0 Å². The number of hydrogen-bond donors (Lipinski definition) is 0. The molecule has 0 saturated carbocycles. The quantitative estimate of drug-likeness (QED) is 0.521. The molecule has 0 amide bonds. The molecule has 1 heterocycles. The maximum absolute atomic E-state index is 2.54. The molecule has 0 aromatic heterocycles. The van der Waals surface area contributed by atoms with Crippen LogP contribution >= 0.6 is 0 Å². The van der Waals surface area contributed by atoms with Crippen molar-refractivity contribution in [2.45, 2.75) is 0 Å². The molecule has 5 heavy (non-hydrogen) atoms. The Hall–Kier alpha value is 1.05. The van der Waals surface area contributed by atoms with Crippen LogP contribution in [0, 0.1) is 0 Å². The van der Waals surface area contributed by atoms with Gasteiger partial charge in [0.15, 0.2) is 0 Å². The van der Waals surface area contributed by atoms with Crippen LogP contribution in [-0.4, -0.2) is 41.1 Å². The minimum atomic E-state index is -0.103. The van der Waals surface area contributed by atoms with Crippen molar-refractivity contribution in [3.63, 3.8) is 0 Å². The van der Waals surface area contributed by atoms with E-state index in [1.807, 2.05) is 0 Å². The molecule has 2 heteroatoms. The molecule has 0 radical (unpaired) electrons. The Labute approximate surface area is 49.4 Å². The third kappa shape index (κ3) is 1.28. The first kappa shape index (κ1) is 4.22. The Balaban J connectivity index is 2.61. The predicted octanol–water partition coefficient (Wildman–Crippen LogP) is -0.628. The molecule has 0 N–H and O–H groups in total. The molecular weight excluding hydrogens is 320 g/mol. The van der Waals surface area contributed by atoms with Crippen molar-refractivity contribution in [2.24, 2.45) is 0 Å². The third-order valence-electron chi connectivity index (χ3n) is 0.406. The molecule has 1 rings (SSSR count). The van der Waals surface area contributed by atoms with E-state index in [0.29, 0.717) is 15.3 Å². The Bertz CT molecular complexity index is 65.0. The second-order valence-corrected chi connectivity index (χ2v) is 10.4. The van der Waals surface area contributed by atoms with E-state index in [4.69, 9.17) is 0 Å². The zero-order valence-electron chi connectivity index (χ0n) is 2.68. The second kappa shape index (κ2) is 2.26. The van der Waals surface area contributed by atoms with Gasteiger partial charge in [0, 0.05) is 0 Å². The number of hydrogen-bond acceptors (Lipinski definition) is 0. The Morgan fingerprint density at radius 1 is 1.60 bits per heavy atom. The summed E-state index contributed by atoms with van der Waals surface area (Å²) in [6, 6.07) is 0. The first-order chi connectivity index (χ1) is 2.50. The van der Waals surface area contributed by atoms with Gasteiger partial charge in [-0.3, -0.25) is 0 Å². The van der Waals surface area contributed by atoms with E-state index >= 15 is 0 Å². The van der Waals surface area contributed by atoms with Gasteiger partial charge in [-0.05, 0) is 0 Å². The third-order valence-corrected chi connectivity index (χ3v) is 11.5. The van der Waals surface area contributed by atoms with Crippen molar-refractivity contribution in [3.05, 3.63) is 8.65 Å². The van der Waals surface area contributed by atoms with E-state index in [1.165, 1.54) is 0 Å². The molecule has 0 aromatic rings. The Morgan fingerprint density at radius 3 is 2.80 bits per heavy atom. The van der Waals surface area contributed by atoms with Gasteiger partial charge < -0.3 is 0 Å². The molecule has 0 unspecified atom stereocenters. The SMILES string of the molecule is C1=[CH][BiH][CH]=[As]1. The minimum absolute atomic E-state index is 0.103. The normalized spacial score (nSPS) is 20.8. The van der Waals surface area contributed by atoms with Crippen LogP contribution in [-0.2, 0) is 0 Å². The van der Waals surface area contributed by atoms with E-state index in [2.05, 4.69) is 11.2 Å². The molecule has 0 nitrogen and oxygen atoms in total. The molecule has 0 atom stereocenters. The summed E-state index contributed by atoms with van der Waals surface area (Å²) in [7, 11) is 0. The zero-order chi connectivity index (χ0) is 3.54. The maximum atomic E-state index is 2.54. The zero-order valence-corrected chi connectivity index (χ0v) is 8.44.